The summed E-state index contributed by atoms with van der Waals surface area (Å²) in [6.45, 7) is 13.2. The van der Waals surface area contributed by atoms with Crippen molar-refractivity contribution in [2.45, 2.75) is 66.0 Å². The number of piperidine rings is 1. The number of benzene rings is 2. The van der Waals surface area contributed by atoms with Crippen molar-refractivity contribution < 1.29 is 9.13 Å². The second-order valence-corrected chi connectivity index (χ2v) is 9.80. The maximum Gasteiger partial charge on any atom is 0.265 e. The van der Waals surface area contributed by atoms with Crippen molar-refractivity contribution in [2.24, 2.45) is 5.92 Å². The van der Waals surface area contributed by atoms with Crippen LogP contribution in [0.25, 0.3) is 10.9 Å². The summed E-state index contributed by atoms with van der Waals surface area (Å²) in [7, 11) is 0. The molecule has 1 aromatic heterocycles. The summed E-state index contributed by atoms with van der Waals surface area (Å²) < 4.78 is 21.5. The molecular weight excluding hydrogens is 417 g/mol. The highest BCUT2D eigenvalue weighted by Gasteiger charge is 2.25. The van der Waals surface area contributed by atoms with Crippen LogP contribution in [-0.4, -0.2) is 33.6 Å². The molecule has 1 atom stereocenters. The molecule has 1 aliphatic heterocycles. The third kappa shape index (κ3) is 4.96. The van der Waals surface area contributed by atoms with Crippen LogP contribution in [0.3, 0.4) is 0 Å². The van der Waals surface area contributed by atoms with Crippen molar-refractivity contribution in [3.63, 3.8) is 0 Å². The second kappa shape index (κ2) is 9.64. The van der Waals surface area contributed by atoms with E-state index >= 15 is 0 Å². The van der Waals surface area contributed by atoms with Crippen LogP contribution in [0.1, 0.15) is 57.8 Å². The summed E-state index contributed by atoms with van der Waals surface area (Å²) in [6, 6.07) is 10.4. The molecule has 1 aliphatic rings. The standard InChI is InChI=1S/C27H34FN3O2/c1-17(2)26-29-22-9-6-10-24(33-23-12-11-21(28)14-19(23)5)25(22)27(32)31(26)16-20-8-7-13-30(15-20)18(3)4/h6,9-12,14,17-18,20H,7-8,13,15-16H2,1-5H3. The molecule has 0 bridgehead atoms. The van der Waals surface area contributed by atoms with Gasteiger partial charge in [-0.25, -0.2) is 9.37 Å². The van der Waals surface area contributed by atoms with Crippen molar-refractivity contribution in [1.29, 1.82) is 0 Å². The van der Waals surface area contributed by atoms with Crippen LogP contribution in [0.2, 0.25) is 0 Å². The van der Waals surface area contributed by atoms with Crippen LogP contribution in [-0.2, 0) is 6.54 Å². The van der Waals surface area contributed by atoms with Gasteiger partial charge in [0.15, 0.2) is 0 Å². The van der Waals surface area contributed by atoms with Crippen molar-refractivity contribution in [3.8, 4) is 11.5 Å². The molecule has 0 N–H and O–H groups in total. The molecule has 0 radical (unpaired) electrons. The number of aryl methyl sites for hydroxylation is 1. The fourth-order valence-corrected chi connectivity index (χ4v) is 4.77. The first kappa shape index (κ1) is 23.4. The van der Waals surface area contributed by atoms with E-state index in [1.807, 2.05) is 16.7 Å². The Bertz CT molecular complexity index is 1200. The van der Waals surface area contributed by atoms with Crippen LogP contribution in [0.4, 0.5) is 4.39 Å². The van der Waals surface area contributed by atoms with Crippen LogP contribution in [0.5, 0.6) is 11.5 Å². The highest BCUT2D eigenvalue weighted by atomic mass is 19.1. The normalized spacial score (nSPS) is 17.3. The number of ether oxygens (including phenoxy) is 1. The summed E-state index contributed by atoms with van der Waals surface area (Å²) in [5.74, 6) is 2.01. The van der Waals surface area contributed by atoms with Crippen molar-refractivity contribution >= 4 is 10.9 Å². The summed E-state index contributed by atoms with van der Waals surface area (Å²) >= 11 is 0. The zero-order chi connectivity index (χ0) is 23.7. The number of likely N-dealkylation sites (tertiary alicyclic amines) is 1. The SMILES string of the molecule is Cc1cc(F)ccc1Oc1cccc2nc(C(C)C)n(CC3CCCN(C(C)C)C3)c(=O)c12. The average molecular weight is 452 g/mol. The zero-order valence-electron chi connectivity index (χ0n) is 20.3. The van der Waals surface area contributed by atoms with Gasteiger partial charge in [-0.3, -0.25) is 9.36 Å². The Labute approximate surface area is 195 Å². The van der Waals surface area contributed by atoms with E-state index < -0.39 is 0 Å². The number of halogens is 1. The lowest BCUT2D eigenvalue weighted by atomic mass is 9.96. The third-order valence-electron chi connectivity index (χ3n) is 6.57. The van der Waals surface area contributed by atoms with Gasteiger partial charge < -0.3 is 9.64 Å². The molecule has 0 spiro atoms. The quantitative estimate of drug-likeness (QED) is 0.470. The van der Waals surface area contributed by atoms with Gasteiger partial charge in [-0.05, 0) is 82.0 Å². The molecule has 33 heavy (non-hydrogen) atoms. The largest absolute Gasteiger partial charge is 0.456 e. The van der Waals surface area contributed by atoms with Crippen LogP contribution in [0.15, 0.2) is 41.2 Å². The lowest BCUT2D eigenvalue weighted by Gasteiger charge is -2.36. The molecule has 0 aliphatic carbocycles. The lowest BCUT2D eigenvalue weighted by molar-refractivity contribution is 0.129. The minimum Gasteiger partial charge on any atom is -0.456 e. The first-order chi connectivity index (χ1) is 15.7. The molecule has 1 unspecified atom stereocenters. The molecular formula is C27H34FN3O2. The van der Waals surface area contributed by atoms with Crippen LogP contribution in [0, 0.1) is 18.7 Å². The molecule has 0 amide bonds. The molecule has 0 saturated carbocycles. The van der Waals surface area contributed by atoms with Crippen molar-refractivity contribution in [1.82, 2.24) is 14.5 Å². The molecule has 5 nitrogen and oxygen atoms in total. The number of aromatic nitrogens is 2. The van der Waals surface area contributed by atoms with Crippen LogP contribution < -0.4 is 10.3 Å². The van der Waals surface area contributed by atoms with Gasteiger partial charge >= 0.3 is 0 Å². The molecule has 2 heterocycles. The van der Waals surface area contributed by atoms with Gasteiger partial charge in [0.25, 0.3) is 5.56 Å². The van der Waals surface area contributed by atoms with Gasteiger partial charge in [0.2, 0.25) is 0 Å². The second-order valence-electron chi connectivity index (χ2n) is 9.80. The first-order valence-electron chi connectivity index (χ1n) is 12.0. The van der Waals surface area contributed by atoms with Gasteiger partial charge in [-0.15, -0.1) is 0 Å². The number of fused-ring (bicyclic) bond motifs is 1. The fraction of sp³-hybridized carbons (Fsp3) is 0.481. The molecule has 3 aromatic rings. The summed E-state index contributed by atoms with van der Waals surface area (Å²) in [5, 5.41) is 0.474. The first-order valence-corrected chi connectivity index (χ1v) is 12.0. The Kier molecular flexibility index (Phi) is 6.84. The molecule has 176 valence electrons. The van der Waals surface area contributed by atoms with Crippen LogP contribution >= 0.6 is 0 Å². The van der Waals surface area contributed by atoms with Crippen molar-refractivity contribution in [3.05, 3.63) is 64.0 Å². The zero-order valence-corrected chi connectivity index (χ0v) is 20.3. The van der Waals surface area contributed by atoms with Gasteiger partial charge in [-0.1, -0.05) is 19.9 Å². The maximum atomic E-state index is 13.9. The molecule has 1 saturated heterocycles. The number of hydrogen-bond acceptors (Lipinski definition) is 4. The van der Waals surface area contributed by atoms with Gasteiger partial charge in [-0.2, -0.15) is 0 Å². The van der Waals surface area contributed by atoms with E-state index in [0.717, 1.165) is 31.8 Å². The summed E-state index contributed by atoms with van der Waals surface area (Å²) in [6.07, 6.45) is 2.26. The van der Waals surface area contributed by atoms with E-state index in [0.29, 0.717) is 46.5 Å². The number of hydrogen-bond donors (Lipinski definition) is 0. The lowest BCUT2D eigenvalue weighted by Crippen LogP contribution is -2.42. The monoisotopic (exact) mass is 451 g/mol. The Hall–Kier alpha value is -2.73. The van der Waals surface area contributed by atoms with Gasteiger partial charge in [0, 0.05) is 25.0 Å². The van der Waals surface area contributed by atoms with Gasteiger partial charge in [0.05, 0.1) is 5.52 Å². The molecule has 4 rings (SSSR count). The highest BCUT2D eigenvalue weighted by molar-refractivity contribution is 5.84. The topological polar surface area (TPSA) is 47.4 Å². The number of nitrogens with zero attached hydrogens (tertiary/aromatic N) is 3. The van der Waals surface area contributed by atoms with E-state index in [9.17, 15) is 9.18 Å². The maximum absolute atomic E-state index is 13.9. The smallest absolute Gasteiger partial charge is 0.265 e. The molecule has 2 aromatic carbocycles. The minimum absolute atomic E-state index is 0.0688. The summed E-state index contributed by atoms with van der Waals surface area (Å²) in [4.78, 5) is 21.3. The predicted molar refractivity (Wildman–Crippen MR) is 131 cm³/mol. The van der Waals surface area contributed by atoms with E-state index in [2.05, 4.69) is 32.6 Å². The predicted octanol–water partition coefficient (Wildman–Crippen LogP) is 5.88. The Balaban J connectivity index is 1.77. The average Bonchev–Trinajstić information content (AvgIpc) is 2.77. The fourth-order valence-electron chi connectivity index (χ4n) is 4.77. The molecule has 6 heteroatoms. The number of rotatable bonds is 6. The Morgan fingerprint density at radius 1 is 1.15 bits per heavy atom. The van der Waals surface area contributed by atoms with E-state index in [-0.39, 0.29) is 17.3 Å². The van der Waals surface area contributed by atoms with E-state index in [4.69, 9.17) is 9.72 Å². The third-order valence-corrected chi connectivity index (χ3v) is 6.57. The Morgan fingerprint density at radius 3 is 2.64 bits per heavy atom. The van der Waals surface area contributed by atoms with Gasteiger partial charge in [0.1, 0.15) is 28.5 Å². The van der Waals surface area contributed by atoms with Crippen molar-refractivity contribution in [2.75, 3.05) is 13.1 Å². The highest BCUT2D eigenvalue weighted by Crippen LogP contribution is 2.31. The molecule has 1 fully saturated rings. The van der Waals surface area contributed by atoms with E-state index in [1.165, 1.54) is 12.1 Å². The van der Waals surface area contributed by atoms with E-state index in [1.54, 1.807) is 19.1 Å². The Morgan fingerprint density at radius 2 is 1.94 bits per heavy atom. The minimum atomic E-state index is -0.314. The summed E-state index contributed by atoms with van der Waals surface area (Å²) in [5.41, 5.74) is 1.24.